The fraction of sp³-hybridized carbons (Fsp3) is 0.533. The molecule has 0 radical (unpaired) electrons. The van der Waals surface area contributed by atoms with Crippen LogP contribution >= 0.6 is 0 Å². The largest absolute Gasteiger partial charge is 0.460 e. The molecule has 3 nitrogen and oxygen atoms in total. The molecular formula is C15H20O3. The van der Waals surface area contributed by atoms with E-state index in [1.54, 1.807) is 0 Å². The molecule has 0 saturated heterocycles. The Morgan fingerprint density at radius 3 is 2.28 bits per heavy atom. The molecule has 1 aliphatic carbocycles. The van der Waals surface area contributed by atoms with E-state index in [1.807, 2.05) is 45.0 Å². The summed E-state index contributed by atoms with van der Waals surface area (Å²) < 4.78 is 5.26. The zero-order valence-corrected chi connectivity index (χ0v) is 11.2. The van der Waals surface area contributed by atoms with Gasteiger partial charge in [-0.1, -0.05) is 24.3 Å². The van der Waals surface area contributed by atoms with Gasteiger partial charge in [-0.15, -0.1) is 0 Å². The molecular weight excluding hydrogens is 228 g/mol. The van der Waals surface area contributed by atoms with Crippen molar-refractivity contribution in [1.29, 1.82) is 0 Å². The van der Waals surface area contributed by atoms with Crippen molar-refractivity contribution in [3.05, 3.63) is 35.4 Å². The quantitative estimate of drug-likeness (QED) is 0.836. The zero-order chi connectivity index (χ0) is 13.4. The van der Waals surface area contributed by atoms with Gasteiger partial charge in [0.15, 0.2) is 0 Å². The standard InChI is InChI=1S/C15H20O3/c1-14(2,3)18-13(16)10-11-4-6-12(7-5-11)15(17)8-9-15/h4-7,17H,8-10H2,1-3H3. The highest BCUT2D eigenvalue weighted by atomic mass is 16.6. The van der Waals surface area contributed by atoms with Crippen LogP contribution in [-0.2, 0) is 21.6 Å². The normalized spacial score (nSPS) is 17.3. The van der Waals surface area contributed by atoms with Crippen molar-refractivity contribution in [2.75, 3.05) is 0 Å². The van der Waals surface area contributed by atoms with Gasteiger partial charge in [0.05, 0.1) is 12.0 Å². The van der Waals surface area contributed by atoms with E-state index in [-0.39, 0.29) is 12.4 Å². The average Bonchev–Trinajstić information content (AvgIpc) is 2.95. The van der Waals surface area contributed by atoms with Crippen LogP contribution in [0.5, 0.6) is 0 Å². The number of hydrogen-bond acceptors (Lipinski definition) is 3. The lowest BCUT2D eigenvalue weighted by Crippen LogP contribution is -2.24. The molecule has 0 amide bonds. The van der Waals surface area contributed by atoms with Gasteiger partial charge in [-0.3, -0.25) is 4.79 Å². The molecule has 0 bridgehead atoms. The van der Waals surface area contributed by atoms with Crippen molar-refractivity contribution >= 4 is 5.97 Å². The second-order valence-electron chi connectivity index (χ2n) is 5.99. The van der Waals surface area contributed by atoms with E-state index < -0.39 is 11.2 Å². The summed E-state index contributed by atoms with van der Waals surface area (Å²) in [6.07, 6.45) is 1.94. The number of rotatable bonds is 3. The van der Waals surface area contributed by atoms with Crippen molar-refractivity contribution in [1.82, 2.24) is 0 Å². The van der Waals surface area contributed by atoms with Gasteiger partial charge < -0.3 is 9.84 Å². The van der Waals surface area contributed by atoms with Gasteiger partial charge in [0, 0.05) is 0 Å². The van der Waals surface area contributed by atoms with E-state index in [4.69, 9.17) is 4.74 Å². The summed E-state index contributed by atoms with van der Waals surface area (Å²) in [7, 11) is 0. The Labute approximate surface area is 108 Å². The number of hydrogen-bond donors (Lipinski definition) is 1. The molecule has 0 heterocycles. The first kappa shape index (κ1) is 13.1. The molecule has 1 aromatic rings. The van der Waals surface area contributed by atoms with Crippen molar-refractivity contribution in [2.45, 2.75) is 51.2 Å². The molecule has 1 fully saturated rings. The minimum absolute atomic E-state index is 0.222. The number of ether oxygens (including phenoxy) is 1. The number of aliphatic hydroxyl groups is 1. The number of carbonyl (C=O) groups excluding carboxylic acids is 1. The Hall–Kier alpha value is -1.35. The van der Waals surface area contributed by atoms with Gasteiger partial charge in [0.25, 0.3) is 0 Å². The fourth-order valence-electron chi connectivity index (χ4n) is 1.88. The Morgan fingerprint density at radius 2 is 1.83 bits per heavy atom. The molecule has 98 valence electrons. The third kappa shape index (κ3) is 3.33. The molecule has 1 aromatic carbocycles. The summed E-state index contributed by atoms with van der Waals surface area (Å²) >= 11 is 0. The predicted octanol–water partition coefficient (Wildman–Crippen LogP) is 2.55. The number of carbonyl (C=O) groups is 1. The zero-order valence-electron chi connectivity index (χ0n) is 11.2. The van der Waals surface area contributed by atoms with Gasteiger partial charge in [-0.25, -0.2) is 0 Å². The Kier molecular flexibility index (Phi) is 3.20. The SMILES string of the molecule is CC(C)(C)OC(=O)Cc1ccc(C2(O)CC2)cc1. The second-order valence-corrected chi connectivity index (χ2v) is 5.99. The van der Waals surface area contributed by atoms with Crippen LogP contribution in [0.15, 0.2) is 24.3 Å². The molecule has 0 aromatic heterocycles. The van der Waals surface area contributed by atoms with Gasteiger partial charge in [0.1, 0.15) is 5.60 Å². The van der Waals surface area contributed by atoms with Crippen LogP contribution in [0.4, 0.5) is 0 Å². The molecule has 0 aliphatic heterocycles. The minimum atomic E-state index is -0.607. The number of benzene rings is 1. The summed E-state index contributed by atoms with van der Waals surface area (Å²) in [5.41, 5.74) is 0.803. The van der Waals surface area contributed by atoms with Crippen LogP contribution in [0.2, 0.25) is 0 Å². The van der Waals surface area contributed by atoms with Crippen LogP contribution in [0.1, 0.15) is 44.7 Å². The third-order valence-electron chi connectivity index (χ3n) is 2.98. The first-order valence-electron chi connectivity index (χ1n) is 6.32. The summed E-state index contributed by atoms with van der Waals surface area (Å²) in [5, 5.41) is 9.93. The first-order valence-corrected chi connectivity index (χ1v) is 6.32. The average molecular weight is 248 g/mol. The monoisotopic (exact) mass is 248 g/mol. The van der Waals surface area contributed by atoms with Gasteiger partial charge in [-0.2, -0.15) is 0 Å². The first-order chi connectivity index (χ1) is 8.28. The number of esters is 1. The summed E-state index contributed by atoms with van der Waals surface area (Å²) in [4.78, 5) is 11.7. The van der Waals surface area contributed by atoms with Crippen molar-refractivity contribution < 1.29 is 14.6 Å². The van der Waals surface area contributed by atoms with E-state index in [1.165, 1.54) is 0 Å². The van der Waals surface area contributed by atoms with E-state index in [0.29, 0.717) is 0 Å². The molecule has 1 aliphatic rings. The van der Waals surface area contributed by atoms with Gasteiger partial charge >= 0.3 is 5.97 Å². The lowest BCUT2D eigenvalue weighted by atomic mass is 10.0. The predicted molar refractivity (Wildman–Crippen MR) is 69.1 cm³/mol. The van der Waals surface area contributed by atoms with Crippen LogP contribution in [-0.4, -0.2) is 16.7 Å². The maximum atomic E-state index is 11.7. The van der Waals surface area contributed by atoms with Gasteiger partial charge in [0.2, 0.25) is 0 Å². The minimum Gasteiger partial charge on any atom is -0.460 e. The molecule has 3 heteroatoms. The summed E-state index contributed by atoms with van der Waals surface area (Å²) in [5.74, 6) is -0.222. The van der Waals surface area contributed by atoms with Crippen LogP contribution in [0, 0.1) is 0 Å². The van der Waals surface area contributed by atoms with Crippen molar-refractivity contribution in [3.8, 4) is 0 Å². The topological polar surface area (TPSA) is 46.5 Å². The van der Waals surface area contributed by atoms with Crippen LogP contribution in [0.25, 0.3) is 0 Å². The van der Waals surface area contributed by atoms with Crippen molar-refractivity contribution in [3.63, 3.8) is 0 Å². The fourth-order valence-corrected chi connectivity index (χ4v) is 1.88. The lowest BCUT2D eigenvalue weighted by Gasteiger charge is -2.19. The van der Waals surface area contributed by atoms with Crippen molar-refractivity contribution in [2.24, 2.45) is 0 Å². The Morgan fingerprint density at radius 1 is 1.28 bits per heavy atom. The maximum Gasteiger partial charge on any atom is 0.310 e. The Balaban J connectivity index is 1.96. The summed E-state index contributed by atoms with van der Waals surface area (Å²) in [6.45, 7) is 5.57. The maximum absolute atomic E-state index is 11.7. The third-order valence-corrected chi connectivity index (χ3v) is 2.98. The molecule has 1 saturated carbocycles. The van der Waals surface area contributed by atoms with E-state index in [9.17, 15) is 9.90 Å². The molecule has 0 atom stereocenters. The lowest BCUT2D eigenvalue weighted by molar-refractivity contribution is -0.153. The molecule has 2 rings (SSSR count). The van der Waals surface area contributed by atoms with Gasteiger partial charge in [-0.05, 0) is 44.7 Å². The van der Waals surface area contributed by atoms with Crippen LogP contribution < -0.4 is 0 Å². The molecule has 0 spiro atoms. The molecule has 0 unspecified atom stereocenters. The highest BCUT2D eigenvalue weighted by Crippen LogP contribution is 2.45. The smallest absolute Gasteiger partial charge is 0.310 e. The highest BCUT2D eigenvalue weighted by Gasteiger charge is 2.41. The van der Waals surface area contributed by atoms with E-state index in [2.05, 4.69) is 0 Å². The summed E-state index contributed by atoms with van der Waals surface area (Å²) in [6, 6.07) is 7.56. The second kappa shape index (κ2) is 4.39. The molecule has 1 N–H and O–H groups in total. The Bertz CT molecular complexity index is 436. The molecule has 18 heavy (non-hydrogen) atoms. The van der Waals surface area contributed by atoms with E-state index >= 15 is 0 Å². The van der Waals surface area contributed by atoms with E-state index in [0.717, 1.165) is 24.0 Å². The van der Waals surface area contributed by atoms with Crippen LogP contribution in [0.3, 0.4) is 0 Å². The highest BCUT2D eigenvalue weighted by molar-refractivity contribution is 5.73.